The second kappa shape index (κ2) is 12.4. The lowest BCUT2D eigenvalue weighted by Crippen LogP contribution is -2.17. The summed E-state index contributed by atoms with van der Waals surface area (Å²) >= 11 is 0. The number of nitro benzene ring substituents is 1. The molecular weight excluding hydrogens is 466 g/mol. The van der Waals surface area contributed by atoms with Crippen molar-refractivity contribution in [3.8, 4) is 17.2 Å². The van der Waals surface area contributed by atoms with Crippen LogP contribution in [0.4, 0.5) is 5.69 Å². The molecule has 0 N–H and O–H groups in total. The summed E-state index contributed by atoms with van der Waals surface area (Å²) in [7, 11) is 0. The number of carbonyl (C=O) groups excluding carboxylic acids is 2. The maximum atomic E-state index is 13.5. The van der Waals surface area contributed by atoms with Crippen LogP contribution in [-0.4, -0.2) is 41.1 Å². The van der Waals surface area contributed by atoms with Crippen LogP contribution in [0.25, 0.3) is 0 Å². The number of hydrogen-bond donors (Lipinski definition) is 0. The predicted molar refractivity (Wildman–Crippen MR) is 135 cm³/mol. The summed E-state index contributed by atoms with van der Waals surface area (Å²) in [6, 6.07) is 7.40. The van der Waals surface area contributed by atoms with Crippen molar-refractivity contribution in [1.29, 1.82) is 0 Å². The van der Waals surface area contributed by atoms with Gasteiger partial charge in [0.1, 0.15) is 5.75 Å². The van der Waals surface area contributed by atoms with E-state index in [1.807, 2.05) is 13.8 Å². The highest BCUT2D eigenvalue weighted by molar-refractivity contribution is 6.02. The van der Waals surface area contributed by atoms with Gasteiger partial charge in [-0.1, -0.05) is 6.07 Å². The van der Waals surface area contributed by atoms with Gasteiger partial charge in [-0.05, 0) is 73.6 Å². The van der Waals surface area contributed by atoms with Crippen molar-refractivity contribution >= 4 is 17.4 Å². The third-order valence-corrected chi connectivity index (χ3v) is 4.65. The molecule has 0 saturated heterocycles. The first-order chi connectivity index (χ1) is 16.8. The van der Waals surface area contributed by atoms with E-state index in [9.17, 15) is 19.7 Å². The summed E-state index contributed by atoms with van der Waals surface area (Å²) < 4.78 is 22.8. The van der Waals surface area contributed by atoms with E-state index in [4.69, 9.17) is 18.9 Å². The third-order valence-electron chi connectivity index (χ3n) is 4.65. The second-order valence-corrected chi connectivity index (χ2v) is 9.42. The smallest absolute Gasteiger partial charge is 0.338 e. The molecule has 196 valence electrons. The second-order valence-electron chi connectivity index (χ2n) is 9.42. The SMILES string of the molecule is CC(C)OC(=O)c1ccc(CC(=O)c2ccc([N+](=O)[O-])c(OC(C)C)c2OC(C)C)c(OC(C)C)c1. The van der Waals surface area contributed by atoms with Gasteiger partial charge in [0.05, 0.1) is 40.5 Å². The van der Waals surface area contributed by atoms with Gasteiger partial charge in [0, 0.05) is 18.1 Å². The van der Waals surface area contributed by atoms with Crippen LogP contribution in [0.2, 0.25) is 0 Å². The van der Waals surface area contributed by atoms with Crippen molar-refractivity contribution in [2.75, 3.05) is 0 Å². The maximum absolute atomic E-state index is 13.5. The quantitative estimate of drug-likeness (QED) is 0.152. The zero-order valence-electron chi connectivity index (χ0n) is 22.1. The van der Waals surface area contributed by atoms with Crippen molar-refractivity contribution in [2.45, 2.75) is 86.2 Å². The van der Waals surface area contributed by atoms with Crippen LogP contribution in [0.15, 0.2) is 30.3 Å². The Labute approximate surface area is 211 Å². The van der Waals surface area contributed by atoms with Crippen molar-refractivity contribution in [3.05, 3.63) is 57.1 Å². The number of nitrogens with zero attached hydrogens (tertiary/aromatic N) is 1. The van der Waals surface area contributed by atoms with E-state index in [2.05, 4.69) is 0 Å². The molecule has 0 aliphatic carbocycles. The number of benzene rings is 2. The van der Waals surface area contributed by atoms with Crippen molar-refractivity contribution in [2.24, 2.45) is 0 Å². The van der Waals surface area contributed by atoms with Crippen LogP contribution < -0.4 is 14.2 Å². The van der Waals surface area contributed by atoms with Crippen LogP contribution in [0.1, 0.15) is 81.7 Å². The number of Topliss-reactive ketones (excluding diaryl/α,β-unsaturated/α-hetero) is 1. The molecule has 0 saturated carbocycles. The van der Waals surface area contributed by atoms with E-state index in [1.165, 1.54) is 12.1 Å². The number of nitro groups is 1. The molecule has 0 amide bonds. The summed E-state index contributed by atoms with van der Waals surface area (Å²) in [5.41, 5.74) is 0.730. The minimum Gasteiger partial charge on any atom is -0.491 e. The fraction of sp³-hybridized carbons (Fsp3) is 0.481. The Morgan fingerprint density at radius 1 is 0.806 bits per heavy atom. The van der Waals surface area contributed by atoms with Crippen LogP contribution >= 0.6 is 0 Å². The molecular formula is C27H35NO8. The molecule has 0 spiro atoms. The van der Waals surface area contributed by atoms with Crippen LogP contribution in [0.3, 0.4) is 0 Å². The average Bonchev–Trinajstić information content (AvgIpc) is 2.74. The topological polar surface area (TPSA) is 114 Å². The van der Waals surface area contributed by atoms with Crippen LogP contribution in [0.5, 0.6) is 17.2 Å². The molecule has 0 heterocycles. The minimum absolute atomic E-state index is 0.0290. The zero-order valence-corrected chi connectivity index (χ0v) is 22.1. The summed E-state index contributed by atoms with van der Waals surface area (Å²) in [4.78, 5) is 36.9. The third kappa shape index (κ3) is 7.69. The van der Waals surface area contributed by atoms with Gasteiger partial charge in [0.15, 0.2) is 11.5 Å². The van der Waals surface area contributed by atoms with E-state index in [0.717, 1.165) is 0 Å². The standard InChI is InChI=1S/C27H35NO8/c1-15(2)33-24-14-20(27(30)36-18(7)8)10-9-19(24)13-23(29)21-11-12-22(28(31)32)26(35-17(5)6)25(21)34-16(3)4/h9-12,14-18H,13H2,1-8H3. The Bertz CT molecular complexity index is 1110. The Hall–Kier alpha value is -3.62. The van der Waals surface area contributed by atoms with E-state index >= 15 is 0 Å². The van der Waals surface area contributed by atoms with Gasteiger partial charge in [-0.3, -0.25) is 14.9 Å². The molecule has 0 aromatic heterocycles. The van der Waals surface area contributed by atoms with Crippen molar-refractivity contribution in [1.82, 2.24) is 0 Å². The van der Waals surface area contributed by atoms with Gasteiger partial charge >= 0.3 is 11.7 Å². The van der Waals surface area contributed by atoms with E-state index in [1.54, 1.807) is 59.7 Å². The van der Waals surface area contributed by atoms with E-state index in [-0.39, 0.29) is 59.4 Å². The molecule has 0 fully saturated rings. The molecule has 2 aromatic carbocycles. The number of ketones is 1. The Kier molecular flexibility index (Phi) is 9.84. The van der Waals surface area contributed by atoms with Crippen LogP contribution in [0, 0.1) is 10.1 Å². The zero-order chi connectivity index (χ0) is 27.2. The van der Waals surface area contributed by atoms with E-state index < -0.39 is 10.9 Å². The lowest BCUT2D eigenvalue weighted by molar-refractivity contribution is -0.386. The van der Waals surface area contributed by atoms with E-state index in [0.29, 0.717) is 16.9 Å². The first-order valence-electron chi connectivity index (χ1n) is 12.0. The molecule has 36 heavy (non-hydrogen) atoms. The summed E-state index contributed by atoms with van der Waals surface area (Å²) in [5, 5.41) is 11.6. The highest BCUT2D eigenvalue weighted by Gasteiger charge is 2.29. The fourth-order valence-corrected chi connectivity index (χ4v) is 3.36. The highest BCUT2D eigenvalue weighted by atomic mass is 16.6. The first-order valence-corrected chi connectivity index (χ1v) is 12.0. The summed E-state index contributed by atoms with van der Waals surface area (Å²) in [5.74, 6) is -0.514. The molecule has 0 unspecified atom stereocenters. The number of ether oxygens (including phenoxy) is 4. The molecule has 0 atom stereocenters. The normalized spacial score (nSPS) is 11.2. The van der Waals surface area contributed by atoms with Gasteiger partial charge < -0.3 is 18.9 Å². The average molecular weight is 502 g/mol. The summed E-state index contributed by atoms with van der Waals surface area (Å²) in [6.07, 6.45) is -1.32. The Morgan fingerprint density at radius 2 is 1.39 bits per heavy atom. The van der Waals surface area contributed by atoms with Gasteiger partial charge in [-0.2, -0.15) is 0 Å². The van der Waals surface area contributed by atoms with Gasteiger partial charge in [0.25, 0.3) is 0 Å². The molecule has 0 radical (unpaired) electrons. The van der Waals surface area contributed by atoms with Crippen molar-refractivity contribution in [3.63, 3.8) is 0 Å². The molecule has 9 nitrogen and oxygen atoms in total. The number of carbonyl (C=O) groups is 2. The first kappa shape index (κ1) is 28.6. The lowest BCUT2D eigenvalue weighted by atomic mass is 9.99. The number of esters is 1. The van der Waals surface area contributed by atoms with Gasteiger partial charge in [0.2, 0.25) is 5.75 Å². The lowest BCUT2D eigenvalue weighted by Gasteiger charge is -2.20. The van der Waals surface area contributed by atoms with Crippen LogP contribution in [-0.2, 0) is 11.2 Å². The Morgan fingerprint density at radius 3 is 1.92 bits per heavy atom. The van der Waals surface area contributed by atoms with Crippen molar-refractivity contribution < 1.29 is 33.5 Å². The van der Waals surface area contributed by atoms with Gasteiger partial charge in [-0.25, -0.2) is 4.79 Å². The maximum Gasteiger partial charge on any atom is 0.338 e. The molecule has 0 bridgehead atoms. The number of hydrogen-bond acceptors (Lipinski definition) is 8. The predicted octanol–water partition coefficient (Wildman–Crippen LogP) is 5.95. The fourth-order valence-electron chi connectivity index (χ4n) is 3.36. The highest BCUT2D eigenvalue weighted by Crippen LogP contribution is 2.42. The largest absolute Gasteiger partial charge is 0.491 e. The molecule has 0 aliphatic heterocycles. The minimum atomic E-state index is -0.567. The van der Waals surface area contributed by atoms with Gasteiger partial charge in [-0.15, -0.1) is 0 Å². The summed E-state index contributed by atoms with van der Waals surface area (Å²) in [6.45, 7) is 14.2. The molecule has 2 rings (SSSR count). The molecule has 2 aromatic rings. The Balaban J connectivity index is 2.54. The molecule has 0 aliphatic rings. The monoisotopic (exact) mass is 501 g/mol. The number of rotatable bonds is 12. The molecule has 9 heteroatoms.